The molecular formula is C29H32F3N5O3. The van der Waals surface area contributed by atoms with Gasteiger partial charge in [0.2, 0.25) is 5.91 Å². The lowest BCUT2D eigenvalue weighted by Gasteiger charge is -2.34. The number of ether oxygens (including phenoxy) is 1. The summed E-state index contributed by atoms with van der Waals surface area (Å²) in [7, 11) is 0. The van der Waals surface area contributed by atoms with Crippen LogP contribution < -0.4 is 20.7 Å². The summed E-state index contributed by atoms with van der Waals surface area (Å²) < 4.78 is 47.1. The number of amides is 2. The van der Waals surface area contributed by atoms with Gasteiger partial charge in [0, 0.05) is 44.6 Å². The van der Waals surface area contributed by atoms with Crippen molar-refractivity contribution in [1.29, 1.82) is 0 Å². The monoisotopic (exact) mass is 555 g/mol. The molecular weight excluding hydrogens is 523 g/mol. The molecule has 0 saturated carbocycles. The first-order chi connectivity index (χ1) is 19.2. The fourth-order valence-corrected chi connectivity index (χ4v) is 5.11. The van der Waals surface area contributed by atoms with Crippen LogP contribution in [0.4, 0.5) is 18.9 Å². The number of hydrogen-bond acceptors (Lipinski definition) is 6. The van der Waals surface area contributed by atoms with E-state index in [0.717, 1.165) is 42.4 Å². The molecule has 3 heterocycles. The topological polar surface area (TPSA) is 85.9 Å². The predicted octanol–water partition coefficient (Wildman–Crippen LogP) is 3.58. The lowest BCUT2D eigenvalue weighted by atomic mass is 10.00. The Morgan fingerprint density at radius 1 is 1.07 bits per heavy atom. The van der Waals surface area contributed by atoms with Crippen LogP contribution >= 0.6 is 0 Å². The van der Waals surface area contributed by atoms with Crippen LogP contribution in [0.5, 0.6) is 5.75 Å². The highest BCUT2D eigenvalue weighted by atomic mass is 19.4. The average molecular weight is 556 g/mol. The Morgan fingerprint density at radius 2 is 1.80 bits per heavy atom. The number of carbonyl (C=O) groups excluding carboxylic acids is 2. The molecule has 212 valence electrons. The Morgan fingerprint density at radius 3 is 2.50 bits per heavy atom. The molecule has 1 unspecified atom stereocenters. The lowest BCUT2D eigenvalue weighted by Crippen LogP contribution is -2.45. The number of anilines is 1. The second kappa shape index (κ2) is 11.7. The zero-order valence-corrected chi connectivity index (χ0v) is 22.2. The molecule has 0 radical (unpaired) electrons. The predicted molar refractivity (Wildman–Crippen MR) is 145 cm³/mol. The van der Waals surface area contributed by atoms with Gasteiger partial charge in [-0.05, 0) is 59.2 Å². The van der Waals surface area contributed by atoms with E-state index in [2.05, 4.69) is 27.8 Å². The molecule has 3 aliphatic heterocycles. The van der Waals surface area contributed by atoms with Crippen molar-refractivity contribution in [3.8, 4) is 5.75 Å². The number of fused-ring (bicyclic) bond motifs is 1. The van der Waals surface area contributed by atoms with Gasteiger partial charge < -0.3 is 25.6 Å². The Hall–Kier alpha value is -3.83. The average Bonchev–Trinajstić information content (AvgIpc) is 3.32. The molecule has 0 bridgehead atoms. The number of hydrogen-bond donors (Lipinski definition) is 3. The van der Waals surface area contributed by atoms with E-state index in [-0.39, 0.29) is 36.5 Å². The maximum absolute atomic E-state index is 13.9. The molecule has 8 nitrogen and oxygen atoms in total. The maximum atomic E-state index is 13.9. The van der Waals surface area contributed by atoms with E-state index >= 15 is 0 Å². The molecule has 2 amide bonds. The molecule has 2 aromatic rings. The van der Waals surface area contributed by atoms with Gasteiger partial charge in [-0.3, -0.25) is 14.5 Å². The van der Waals surface area contributed by atoms with Crippen LogP contribution in [0, 0.1) is 0 Å². The van der Waals surface area contributed by atoms with Crippen molar-refractivity contribution in [2.75, 3.05) is 44.6 Å². The number of dihydropyridines is 1. The molecule has 3 aliphatic rings. The summed E-state index contributed by atoms with van der Waals surface area (Å²) in [4.78, 5) is 28.3. The van der Waals surface area contributed by atoms with Crippen molar-refractivity contribution in [3.63, 3.8) is 0 Å². The first kappa shape index (κ1) is 27.7. The van der Waals surface area contributed by atoms with Gasteiger partial charge in [0.15, 0.2) is 6.61 Å². The summed E-state index contributed by atoms with van der Waals surface area (Å²) in [5.74, 6) is -0.137. The Bertz CT molecular complexity index is 1320. The number of nitrogens with one attached hydrogen (secondary N) is 3. The number of halogens is 3. The third kappa shape index (κ3) is 6.65. The first-order valence-electron chi connectivity index (χ1n) is 13.3. The van der Waals surface area contributed by atoms with Crippen LogP contribution in [0.15, 0.2) is 60.3 Å². The van der Waals surface area contributed by atoms with Gasteiger partial charge in [-0.2, -0.15) is 13.2 Å². The van der Waals surface area contributed by atoms with E-state index in [0.29, 0.717) is 25.3 Å². The van der Waals surface area contributed by atoms with Crippen molar-refractivity contribution in [2.24, 2.45) is 0 Å². The van der Waals surface area contributed by atoms with Gasteiger partial charge in [0.1, 0.15) is 11.9 Å². The number of piperazine rings is 1. The Labute approximate surface area is 230 Å². The van der Waals surface area contributed by atoms with E-state index in [1.54, 1.807) is 12.1 Å². The van der Waals surface area contributed by atoms with Crippen molar-refractivity contribution in [2.45, 2.75) is 32.2 Å². The van der Waals surface area contributed by atoms with Crippen LogP contribution in [0.3, 0.4) is 0 Å². The van der Waals surface area contributed by atoms with Gasteiger partial charge in [-0.25, -0.2) is 0 Å². The molecule has 1 atom stereocenters. The van der Waals surface area contributed by atoms with Crippen LogP contribution in [0.1, 0.15) is 30.0 Å². The van der Waals surface area contributed by atoms with Crippen molar-refractivity contribution in [1.82, 2.24) is 20.4 Å². The molecule has 2 fully saturated rings. The third-order valence-corrected chi connectivity index (χ3v) is 7.35. The van der Waals surface area contributed by atoms with E-state index in [1.807, 2.05) is 29.3 Å². The van der Waals surface area contributed by atoms with Gasteiger partial charge in [-0.1, -0.05) is 25.1 Å². The molecule has 2 aromatic carbocycles. The molecule has 3 N–H and O–H groups in total. The minimum Gasteiger partial charge on any atom is -0.484 e. The number of carbonyl (C=O) groups is 2. The molecule has 0 aromatic heterocycles. The highest BCUT2D eigenvalue weighted by Gasteiger charge is 2.34. The summed E-state index contributed by atoms with van der Waals surface area (Å²) in [5, 5.41) is 8.51. The summed E-state index contributed by atoms with van der Waals surface area (Å²) >= 11 is 0. The van der Waals surface area contributed by atoms with Crippen molar-refractivity contribution >= 4 is 23.1 Å². The number of alkyl halides is 3. The van der Waals surface area contributed by atoms with Gasteiger partial charge >= 0.3 is 6.18 Å². The molecule has 0 aliphatic carbocycles. The zero-order valence-electron chi connectivity index (χ0n) is 22.2. The first-order valence-corrected chi connectivity index (χ1v) is 13.3. The smallest absolute Gasteiger partial charge is 0.416 e. The van der Waals surface area contributed by atoms with Crippen molar-refractivity contribution < 1.29 is 27.5 Å². The summed E-state index contributed by atoms with van der Waals surface area (Å²) in [6.45, 7) is 5.96. The summed E-state index contributed by atoms with van der Waals surface area (Å²) in [6.07, 6.45) is -0.550. The largest absolute Gasteiger partial charge is 0.484 e. The van der Waals surface area contributed by atoms with E-state index < -0.39 is 17.6 Å². The number of nitrogens with zero attached hydrogens (tertiary/aromatic N) is 2. The van der Waals surface area contributed by atoms with E-state index in [4.69, 9.17) is 4.74 Å². The van der Waals surface area contributed by atoms with Crippen LogP contribution in [0.2, 0.25) is 0 Å². The zero-order chi connectivity index (χ0) is 28.3. The van der Waals surface area contributed by atoms with E-state index in [9.17, 15) is 22.8 Å². The highest BCUT2D eigenvalue weighted by Crippen LogP contribution is 2.35. The fraction of sp³-hybridized carbons (Fsp3) is 0.379. The Kier molecular flexibility index (Phi) is 8.13. The second-order valence-corrected chi connectivity index (χ2v) is 10.1. The maximum Gasteiger partial charge on any atom is 0.416 e. The number of benzene rings is 2. The molecule has 5 rings (SSSR count). The minimum atomic E-state index is -4.54. The number of likely N-dealkylation sites (N-methyl/N-ethyl adjacent to an activating group) is 1. The highest BCUT2D eigenvalue weighted by molar-refractivity contribution is 5.92. The Balaban J connectivity index is 1.16. The minimum absolute atomic E-state index is 0.0213. The molecule has 11 heteroatoms. The van der Waals surface area contributed by atoms with Crippen LogP contribution in [-0.2, 0) is 22.3 Å². The lowest BCUT2D eigenvalue weighted by molar-refractivity contribution is -0.138. The third-order valence-electron chi connectivity index (χ3n) is 7.35. The van der Waals surface area contributed by atoms with Crippen LogP contribution in [0.25, 0.3) is 5.57 Å². The molecule has 40 heavy (non-hydrogen) atoms. The SMILES string of the molecule is CCN1CCN(Cc2ccc(NC(=O)COc3ccc(C4=CNC5NC(=O)CC5=C4)cc3)cc2C(F)(F)F)CC1. The quantitative estimate of drug-likeness (QED) is 0.462. The number of allylic oxidation sites excluding steroid dienone is 2. The normalized spacial score (nSPS) is 19.7. The van der Waals surface area contributed by atoms with Gasteiger partial charge in [-0.15, -0.1) is 0 Å². The summed E-state index contributed by atoms with van der Waals surface area (Å²) in [6, 6.07) is 11.0. The van der Waals surface area contributed by atoms with Crippen molar-refractivity contribution in [3.05, 3.63) is 77.0 Å². The van der Waals surface area contributed by atoms with Gasteiger partial charge in [0.25, 0.3) is 5.91 Å². The molecule has 0 spiro atoms. The standard InChI is InChI=1S/C29H32F3N5O3/c1-2-36-9-11-37(12-10-36)17-20-3-6-23(15-25(20)29(30,31)32)34-27(39)18-40-24-7-4-19(5-8-24)22-13-21-14-26(38)35-28(21)33-16-22/h3-8,13,15-16,28,33H,2,9-12,14,17-18H2,1H3,(H,34,39)(H,35,38). The molecule has 2 saturated heterocycles. The van der Waals surface area contributed by atoms with E-state index in [1.165, 1.54) is 12.1 Å². The number of rotatable bonds is 8. The fourth-order valence-electron chi connectivity index (χ4n) is 5.11. The second-order valence-electron chi connectivity index (χ2n) is 10.1. The van der Waals surface area contributed by atoms with Crippen LogP contribution in [-0.4, -0.2) is 67.1 Å². The summed E-state index contributed by atoms with van der Waals surface area (Å²) in [5.41, 5.74) is 2.30. The van der Waals surface area contributed by atoms with Gasteiger partial charge in [0.05, 0.1) is 12.0 Å².